The Morgan fingerprint density at radius 1 is 1.00 bits per heavy atom. The maximum absolute atomic E-state index is 12.9. The van der Waals surface area contributed by atoms with Gasteiger partial charge in [0.05, 0.1) is 20.8 Å². The van der Waals surface area contributed by atoms with Gasteiger partial charge in [-0.25, -0.2) is 0 Å². The zero-order valence-corrected chi connectivity index (χ0v) is 10.8. The van der Waals surface area contributed by atoms with Crippen molar-refractivity contribution in [1.82, 2.24) is 0 Å². The summed E-state index contributed by atoms with van der Waals surface area (Å²) in [5, 5.41) is 32.2. The van der Waals surface area contributed by atoms with E-state index in [0.717, 1.165) is 0 Å². The number of nitrogens with zero attached hydrogens (tertiary/aromatic N) is 3. The highest BCUT2D eigenvalue weighted by Gasteiger charge is 2.69. The molecule has 0 aliphatic heterocycles. The summed E-state index contributed by atoms with van der Waals surface area (Å²) in [6.45, 7) is 0. The van der Waals surface area contributed by atoms with Crippen molar-refractivity contribution >= 4 is 23.2 Å². The number of alkyl halides is 5. The molecule has 116 valence electrons. The first-order valence-corrected chi connectivity index (χ1v) is 5.37. The van der Waals surface area contributed by atoms with E-state index in [-0.39, 0.29) is 12.2 Å². The molecule has 0 aromatic rings. The molecule has 0 spiro atoms. The zero-order valence-electron chi connectivity index (χ0n) is 9.34. The van der Waals surface area contributed by atoms with Gasteiger partial charge in [0.1, 0.15) is 5.57 Å². The van der Waals surface area contributed by atoms with E-state index in [0.29, 0.717) is 0 Å². The van der Waals surface area contributed by atoms with Crippen LogP contribution in [0.5, 0.6) is 0 Å². The number of halogens is 5. The second-order valence-corrected chi connectivity index (χ2v) is 4.86. The van der Waals surface area contributed by atoms with Gasteiger partial charge in [-0.05, 0) is 23.2 Å². The van der Waals surface area contributed by atoms with Gasteiger partial charge in [0.25, 0.3) is 0 Å². The SMILES string of the molecule is O=[N+]([O-])C1=CC(Cl)([N+](=O)[O-])C=C(C(F)(F)F)C1(Cl)[N+](=O)[O-]. The van der Waals surface area contributed by atoms with Crippen LogP contribution in [0.15, 0.2) is 23.4 Å². The molecule has 0 saturated heterocycles. The first-order chi connectivity index (χ1) is 9.26. The van der Waals surface area contributed by atoms with Crippen molar-refractivity contribution in [1.29, 1.82) is 0 Å². The summed E-state index contributed by atoms with van der Waals surface area (Å²) >= 11 is 10.4. The number of rotatable bonds is 3. The van der Waals surface area contributed by atoms with Gasteiger partial charge in [-0.1, -0.05) is 0 Å². The predicted octanol–water partition coefficient (Wildman–Crippen LogP) is 2.07. The van der Waals surface area contributed by atoms with Crippen LogP contribution < -0.4 is 0 Å². The minimum atomic E-state index is -5.56. The van der Waals surface area contributed by atoms with Crippen molar-refractivity contribution in [3.05, 3.63) is 53.8 Å². The van der Waals surface area contributed by atoms with E-state index in [1.54, 1.807) is 0 Å². The molecule has 0 saturated carbocycles. The fourth-order valence-electron chi connectivity index (χ4n) is 1.51. The number of hydrogen-bond acceptors (Lipinski definition) is 6. The maximum Gasteiger partial charge on any atom is 0.421 e. The Balaban J connectivity index is 3.79. The van der Waals surface area contributed by atoms with E-state index < -0.39 is 42.2 Å². The summed E-state index contributed by atoms with van der Waals surface area (Å²) in [5.74, 6) is 0. The van der Waals surface area contributed by atoms with Gasteiger partial charge in [0.15, 0.2) is 0 Å². The van der Waals surface area contributed by atoms with Crippen molar-refractivity contribution in [3.63, 3.8) is 0 Å². The summed E-state index contributed by atoms with van der Waals surface area (Å²) in [6.07, 6.45) is -6.00. The normalized spacial score (nSPS) is 29.4. The van der Waals surface area contributed by atoms with Crippen LogP contribution in [0.4, 0.5) is 13.2 Å². The minimum absolute atomic E-state index is 0.112. The molecule has 1 aliphatic carbocycles. The van der Waals surface area contributed by atoms with Crippen LogP contribution in [0, 0.1) is 30.3 Å². The lowest BCUT2D eigenvalue weighted by Gasteiger charge is -2.26. The second-order valence-electron chi connectivity index (χ2n) is 3.71. The Bertz CT molecular complexity index is 605. The average molecular weight is 352 g/mol. The molecule has 9 nitrogen and oxygen atoms in total. The summed E-state index contributed by atoms with van der Waals surface area (Å²) in [4.78, 5) is 20.3. The third-order valence-electron chi connectivity index (χ3n) is 2.42. The molecule has 0 radical (unpaired) electrons. The fraction of sp³-hybridized carbons (Fsp3) is 0.429. The van der Waals surface area contributed by atoms with Gasteiger partial charge in [-0.15, -0.1) is 0 Å². The molecule has 0 N–H and O–H groups in total. The van der Waals surface area contributed by atoms with E-state index in [2.05, 4.69) is 0 Å². The first kappa shape index (κ1) is 17.1. The summed E-state index contributed by atoms with van der Waals surface area (Å²) < 4.78 is 38.6. The molecule has 0 aromatic heterocycles. The highest BCUT2D eigenvalue weighted by molar-refractivity contribution is 6.29. The molecule has 14 heteroatoms. The third-order valence-corrected chi connectivity index (χ3v) is 3.31. The molecule has 0 fully saturated rings. The van der Waals surface area contributed by atoms with Crippen LogP contribution in [-0.2, 0) is 0 Å². The molecular weight excluding hydrogens is 350 g/mol. The van der Waals surface area contributed by atoms with Crippen LogP contribution in [0.2, 0.25) is 0 Å². The third kappa shape index (κ3) is 2.63. The molecular formula is C7H2Cl2F3N3O6. The van der Waals surface area contributed by atoms with Crippen LogP contribution in [0.25, 0.3) is 0 Å². The van der Waals surface area contributed by atoms with Gasteiger partial charge >= 0.3 is 21.9 Å². The van der Waals surface area contributed by atoms with Gasteiger partial charge in [-0.3, -0.25) is 30.3 Å². The Kier molecular flexibility index (Phi) is 3.91. The summed E-state index contributed by atoms with van der Waals surface area (Å²) in [7, 11) is 0. The number of nitro groups is 3. The van der Waals surface area contributed by atoms with Crippen molar-refractivity contribution in [3.8, 4) is 0 Å². The molecule has 2 atom stereocenters. The molecule has 0 bridgehead atoms. The Morgan fingerprint density at radius 2 is 1.48 bits per heavy atom. The zero-order chi connectivity index (χ0) is 16.8. The Hall–Kier alpha value is -1.95. The minimum Gasteiger partial charge on any atom is -0.262 e. The molecule has 21 heavy (non-hydrogen) atoms. The van der Waals surface area contributed by atoms with Gasteiger partial charge in [0.2, 0.25) is 0 Å². The van der Waals surface area contributed by atoms with E-state index in [9.17, 15) is 43.5 Å². The fourth-order valence-corrected chi connectivity index (χ4v) is 2.00. The lowest BCUT2D eigenvalue weighted by atomic mass is 9.93. The first-order valence-electron chi connectivity index (χ1n) is 4.62. The van der Waals surface area contributed by atoms with E-state index in [1.165, 1.54) is 0 Å². The quantitative estimate of drug-likeness (QED) is 0.251. The van der Waals surface area contributed by atoms with E-state index >= 15 is 0 Å². The largest absolute Gasteiger partial charge is 0.421 e. The van der Waals surface area contributed by atoms with Gasteiger partial charge < -0.3 is 0 Å². The highest BCUT2D eigenvalue weighted by Crippen LogP contribution is 2.48. The van der Waals surface area contributed by atoms with Crippen molar-refractivity contribution < 1.29 is 27.9 Å². The second kappa shape index (κ2) is 4.80. The number of hydrogen-bond donors (Lipinski definition) is 0. The molecule has 1 aliphatic rings. The molecule has 2 unspecified atom stereocenters. The topological polar surface area (TPSA) is 129 Å². The van der Waals surface area contributed by atoms with Crippen LogP contribution in [0.1, 0.15) is 0 Å². The predicted molar refractivity (Wildman–Crippen MR) is 60.4 cm³/mol. The summed E-state index contributed by atoms with van der Waals surface area (Å²) in [5.41, 5.74) is -4.18. The monoisotopic (exact) mass is 351 g/mol. The highest BCUT2D eigenvalue weighted by atomic mass is 35.5. The van der Waals surface area contributed by atoms with Crippen molar-refractivity contribution in [2.45, 2.75) is 16.2 Å². The summed E-state index contributed by atoms with van der Waals surface area (Å²) in [6, 6.07) is 0. The van der Waals surface area contributed by atoms with E-state index in [4.69, 9.17) is 23.2 Å². The Morgan fingerprint density at radius 3 is 1.76 bits per heavy atom. The lowest BCUT2D eigenvalue weighted by Crippen LogP contribution is -2.49. The molecule has 0 amide bonds. The smallest absolute Gasteiger partial charge is 0.262 e. The van der Waals surface area contributed by atoms with Crippen molar-refractivity contribution in [2.24, 2.45) is 0 Å². The average Bonchev–Trinajstić information content (AvgIpc) is 2.29. The molecule has 0 heterocycles. The lowest BCUT2D eigenvalue weighted by molar-refractivity contribution is -0.571. The molecule has 1 rings (SSSR count). The van der Waals surface area contributed by atoms with Crippen LogP contribution in [0.3, 0.4) is 0 Å². The standard InChI is InChI=1S/C7H2Cl2F3N3O6/c8-5(14(18)19)1-3(7(10,11)12)6(9,15(20)21)4(2-5)13(16)17/h1-2H. The van der Waals surface area contributed by atoms with Gasteiger partial charge in [-0.2, -0.15) is 13.2 Å². The van der Waals surface area contributed by atoms with Crippen LogP contribution in [-0.4, -0.2) is 30.9 Å². The molecule has 0 aromatic carbocycles. The van der Waals surface area contributed by atoms with E-state index in [1.807, 2.05) is 0 Å². The van der Waals surface area contributed by atoms with Crippen LogP contribution >= 0.6 is 23.2 Å². The maximum atomic E-state index is 12.9. The van der Waals surface area contributed by atoms with Crippen molar-refractivity contribution in [2.75, 3.05) is 0 Å². The van der Waals surface area contributed by atoms with Gasteiger partial charge in [0, 0.05) is 6.08 Å². The Labute approximate surface area is 122 Å².